The molecule has 3 rings (SSSR count). The zero-order valence-corrected chi connectivity index (χ0v) is 14.0. The van der Waals surface area contributed by atoms with Gasteiger partial charge in [-0.3, -0.25) is 9.59 Å². The van der Waals surface area contributed by atoms with Crippen molar-refractivity contribution in [2.75, 3.05) is 11.9 Å². The normalized spacial score (nSPS) is 10.5. The summed E-state index contributed by atoms with van der Waals surface area (Å²) in [6.07, 6.45) is 3.14. The fourth-order valence-electron chi connectivity index (χ4n) is 2.34. The molecule has 134 valence electrons. The van der Waals surface area contributed by atoms with Crippen molar-refractivity contribution >= 4 is 17.5 Å². The number of carbonyl (C=O) groups is 2. The van der Waals surface area contributed by atoms with Crippen LogP contribution in [0.5, 0.6) is 0 Å². The van der Waals surface area contributed by atoms with Gasteiger partial charge in [0.25, 0.3) is 5.91 Å². The number of carbonyl (C=O) groups excluding carboxylic acids is 2. The van der Waals surface area contributed by atoms with Crippen LogP contribution in [0.4, 0.5) is 5.69 Å². The van der Waals surface area contributed by atoms with Crippen LogP contribution in [0.15, 0.2) is 69.9 Å². The maximum atomic E-state index is 12.2. The van der Waals surface area contributed by atoms with Crippen LogP contribution in [0.2, 0.25) is 0 Å². The molecule has 0 aliphatic rings. The van der Waals surface area contributed by atoms with E-state index in [2.05, 4.69) is 16.0 Å². The van der Waals surface area contributed by atoms with Crippen molar-refractivity contribution in [3.8, 4) is 0 Å². The summed E-state index contributed by atoms with van der Waals surface area (Å²) in [5, 5.41) is 8.51. The Morgan fingerprint density at radius 3 is 2.31 bits per heavy atom. The van der Waals surface area contributed by atoms with Crippen molar-refractivity contribution in [2.45, 2.75) is 13.1 Å². The van der Waals surface area contributed by atoms with E-state index < -0.39 is 0 Å². The lowest BCUT2D eigenvalue weighted by Gasteiger charge is -2.08. The largest absolute Gasteiger partial charge is 0.468 e. The molecule has 0 unspecified atom stereocenters. The Morgan fingerprint density at radius 2 is 1.62 bits per heavy atom. The minimum Gasteiger partial charge on any atom is -0.468 e. The first-order valence-electron chi connectivity index (χ1n) is 8.14. The van der Waals surface area contributed by atoms with Crippen molar-refractivity contribution in [1.29, 1.82) is 0 Å². The average molecular weight is 353 g/mol. The molecular formula is C19H19N3O4. The summed E-state index contributed by atoms with van der Waals surface area (Å²) in [5.74, 6) is 0.983. The lowest BCUT2D eigenvalue weighted by Crippen LogP contribution is -2.28. The molecule has 0 atom stereocenters. The number of anilines is 1. The molecule has 0 aliphatic heterocycles. The van der Waals surface area contributed by atoms with E-state index in [4.69, 9.17) is 8.83 Å². The van der Waals surface area contributed by atoms with Crippen LogP contribution in [-0.4, -0.2) is 18.4 Å². The van der Waals surface area contributed by atoms with Crippen LogP contribution < -0.4 is 16.0 Å². The summed E-state index contributed by atoms with van der Waals surface area (Å²) in [5.41, 5.74) is 1.01. The Morgan fingerprint density at radius 1 is 0.885 bits per heavy atom. The third kappa shape index (κ3) is 5.09. The molecule has 2 aromatic heterocycles. The lowest BCUT2D eigenvalue weighted by molar-refractivity contribution is -0.115. The molecule has 7 nitrogen and oxygen atoms in total. The number of hydrogen-bond donors (Lipinski definition) is 3. The standard InChI is InChI=1S/C19H19N3O4/c23-18(13-20-11-16-6-2-8-25-16)22-15-5-1-4-14(10-15)19(24)21-12-17-7-3-9-26-17/h1-10,20H,11-13H2,(H,21,24)(H,22,23). The van der Waals surface area contributed by atoms with Gasteiger partial charge in [-0.15, -0.1) is 0 Å². The van der Waals surface area contributed by atoms with Gasteiger partial charge < -0.3 is 24.8 Å². The van der Waals surface area contributed by atoms with Crippen molar-refractivity contribution < 1.29 is 18.4 Å². The van der Waals surface area contributed by atoms with Crippen LogP contribution in [0, 0.1) is 0 Å². The second-order valence-corrected chi connectivity index (χ2v) is 5.57. The molecule has 0 saturated carbocycles. The summed E-state index contributed by atoms with van der Waals surface area (Å²) in [6.45, 7) is 0.907. The predicted octanol–water partition coefficient (Wildman–Crippen LogP) is 2.53. The highest BCUT2D eigenvalue weighted by Crippen LogP contribution is 2.11. The first-order valence-corrected chi connectivity index (χ1v) is 8.14. The zero-order valence-electron chi connectivity index (χ0n) is 14.0. The highest BCUT2D eigenvalue weighted by atomic mass is 16.3. The van der Waals surface area contributed by atoms with Crippen LogP contribution in [-0.2, 0) is 17.9 Å². The minimum atomic E-state index is -0.242. The minimum absolute atomic E-state index is 0.135. The molecule has 2 amide bonds. The van der Waals surface area contributed by atoms with Crippen molar-refractivity contribution in [1.82, 2.24) is 10.6 Å². The zero-order chi connectivity index (χ0) is 18.2. The Balaban J connectivity index is 1.48. The molecule has 3 aromatic rings. The Kier molecular flexibility index (Phi) is 5.84. The average Bonchev–Trinajstić information content (AvgIpc) is 3.34. The van der Waals surface area contributed by atoms with Crippen molar-refractivity contribution in [3.63, 3.8) is 0 Å². The predicted molar refractivity (Wildman–Crippen MR) is 95.4 cm³/mol. The summed E-state index contributed by atoms with van der Waals surface area (Å²) in [6, 6.07) is 13.9. The van der Waals surface area contributed by atoms with E-state index in [0.29, 0.717) is 30.1 Å². The fourth-order valence-corrected chi connectivity index (χ4v) is 2.34. The Labute approximate surface area is 150 Å². The Bertz CT molecular complexity index is 842. The number of hydrogen-bond acceptors (Lipinski definition) is 5. The summed E-state index contributed by atoms with van der Waals surface area (Å²) in [7, 11) is 0. The molecule has 0 fully saturated rings. The molecule has 1 aromatic carbocycles. The second-order valence-electron chi connectivity index (χ2n) is 5.57. The van der Waals surface area contributed by atoms with Crippen LogP contribution in [0.25, 0.3) is 0 Å². The van der Waals surface area contributed by atoms with Crippen molar-refractivity contribution in [3.05, 3.63) is 78.1 Å². The third-order valence-corrected chi connectivity index (χ3v) is 3.58. The topological polar surface area (TPSA) is 96.5 Å². The Hall–Kier alpha value is -3.32. The fraction of sp³-hybridized carbons (Fsp3) is 0.158. The maximum absolute atomic E-state index is 12.2. The van der Waals surface area contributed by atoms with E-state index >= 15 is 0 Å². The molecule has 26 heavy (non-hydrogen) atoms. The number of benzene rings is 1. The highest BCUT2D eigenvalue weighted by molar-refractivity contribution is 5.97. The molecule has 7 heteroatoms. The van der Waals surface area contributed by atoms with Gasteiger partial charge in [0, 0.05) is 11.3 Å². The van der Waals surface area contributed by atoms with Crippen molar-refractivity contribution in [2.24, 2.45) is 0 Å². The molecule has 0 bridgehead atoms. The van der Waals surface area contributed by atoms with E-state index in [0.717, 1.165) is 5.76 Å². The third-order valence-electron chi connectivity index (χ3n) is 3.58. The second kappa shape index (κ2) is 8.68. The first kappa shape index (κ1) is 17.5. The number of nitrogens with one attached hydrogen (secondary N) is 3. The number of amides is 2. The molecular weight excluding hydrogens is 334 g/mol. The van der Waals surface area contributed by atoms with Crippen LogP contribution >= 0.6 is 0 Å². The van der Waals surface area contributed by atoms with E-state index in [9.17, 15) is 9.59 Å². The van der Waals surface area contributed by atoms with Gasteiger partial charge in [-0.05, 0) is 42.5 Å². The van der Waals surface area contributed by atoms with Crippen LogP contribution in [0.1, 0.15) is 21.9 Å². The first-order chi connectivity index (χ1) is 12.7. The van der Waals surface area contributed by atoms with E-state index in [1.165, 1.54) is 0 Å². The van der Waals surface area contributed by atoms with Gasteiger partial charge in [0.2, 0.25) is 5.91 Å². The summed E-state index contributed by atoms with van der Waals surface area (Å²) in [4.78, 5) is 24.2. The van der Waals surface area contributed by atoms with Gasteiger partial charge in [0.1, 0.15) is 11.5 Å². The van der Waals surface area contributed by atoms with Gasteiger partial charge in [0.05, 0.1) is 32.2 Å². The van der Waals surface area contributed by atoms with Gasteiger partial charge in [-0.25, -0.2) is 0 Å². The molecule has 2 heterocycles. The van der Waals surface area contributed by atoms with Gasteiger partial charge in [-0.1, -0.05) is 6.07 Å². The van der Waals surface area contributed by atoms with Gasteiger partial charge in [0.15, 0.2) is 0 Å². The van der Waals surface area contributed by atoms with Gasteiger partial charge >= 0.3 is 0 Å². The molecule has 3 N–H and O–H groups in total. The number of rotatable bonds is 8. The molecule has 0 aliphatic carbocycles. The van der Waals surface area contributed by atoms with E-state index in [1.54, 1.807) is 55.0 Å². The van der Waals surface area contributed by atoms with Crippen LogP contribution in [0.3, 0.4) is 0 Å². The SMILES string of the molecule is O=C(CNCc1ccco1)Nc1cccc(C(=O)NCc2ccco2)c1. The summed E-state index contributed by atoms with van der Waals surface area (Å²) >= 11 is 0. The number of furan rings is 2. The van der Waals surface area contributed by atoms with Gasteiger partial charge in [-0.2, -0.15) is 0 Å². The monoisotopic (exact) mass is 353 g/mol. The smallest absolute Gasteiger partial charge is 0.251 e. The van der Waals surface area contributed by atoms with E-state index in [1.807, 2.05) is 6.07 Å². The molecule has 0 saturated heterocycles. The quantitative estimate of drug-likeness (QED) is 0.578. The highest BCUT2D eigenvalue weighted by Gasteiger charge is 2.09. The molecule has 0 spiro atoms. The summed E-state index contributed by atoms with van der Waals surface area (Å²) < 4.78 is 10.4. The lowest BCUT2D eigenvalue weighted by atomic mass is 10.2. The molecule has 0 radical (unpaired) electrons. The van der Waals surface area contributed by atoms with E-state index in [-0.39, 0.29) is 18.4 Å². The maximum Gasteiger partial charge on any atom is 0.251 e.